The molecule has 2 aliphatic rings. The van der Waals surface area contributed by atoms with Gasteiger partial charge in [-0.25, -0.2) is 0 Å². The first kappa shape index (κ1) is 13.8. The number of Topliss-reactive ketones (excluding diaryl/α,β-unsaturated/α-hetero) is 1. The van der Waals surface area contributed by atoms with Gasteiger partial charge in [-0.2, -0.15) is 0 Å². The molecule has 0 saturated heterocycles. The fourth-order valence-electron chi connectivity index (χ4n) is 2.00. The van der Waals surface area contributed by atoms with Gasteiger partial charge in [-0.3, -0.25) is 4.79 Å². The SMILES string of the molecule is CC1(C)C#CC/C=C2/C(=O)CC/C2=C/1.CCC. The molecule has 0 radical (unpaired) electrons. The van der Waals surface area contributed by atoms with Crippen molar-refractivity contribution in [1.29, 1.82) is 0 Å². The normalized spacial score (nSPS) is 26.7. The fourth-order valence-corrected chi connectivity index (χ4v) is 2.00. The fraction of sp³-hybridized carbons (Fsp3) is 0.562. The van der Waals surface area contributed by atoms with E-state index in [1.54, 1.807) is 0 Å². The van der Waals surface area contributed by atoms with E-state index in [1.807, 2.05) is 6.08 Å². The van der Waals surface area contributed by atoms with Crippen LogP contribution in [0.2, 0.25) is 0 Å². The van der Waals surface area contributed by atoms with Crippen molar-refractivity contribution >= 4 is 5.78 Å². The standard InChI is InChI=1S/C13H14O.C3H8/c1-13(2)8-4-3-5-11-10(9-13)6-7-12(11)14;1-3-2/h5,9H,3,6-7H2,1-2H3;3H2,1-2H3/b10-9-,11-5+;. The van der Waals surface area contributed by atoms with Gasteiger partial charge in [0.1, 0.15) is 0 Å². The zero-order valence-corrected chi connectivity index (χ0v) is 11.4. The molecule has 0 N–H and O–H groups in total. The van der Waals surface area contributed by atoms with E-state index in [4.69, 9.17) is 0 Å². The zero-order valence-electron chi connectivity index (χ0n) is 11.4. The molecule has 17 heavy (non-hydrogen) atoms. The second-order valence-corrected chi connectivity index (χ2v) is 5.15. The summed E-state index contributed by atoms with van der Waals surface area (Å²) < 4.78 is 0. The number of fused-ring (bicyclic) bond motifs is 1. The monoisotopic (exact) mass is 230 g/mol. The topological polar surface area (TPSA) is 17.1 Å². The molecule has 0 aromatic carbocycles. The molecule has 1 saturated carbocycles. The lowest BCUT2D eigenvalue weighted by atomic mass is 9.88. The summed E-state index contributed by atoms with van der Waals surface area (Å²) in [7, 11) is 0. The lowest BCUT2D eigenvalue weighted by molar-refractivity contribution is -0.114. The van der Waals surface area contributed by atoms with E-state index in [2.05, 4.69) is 45.6 Å². The number of hydrogen-bond acceptors (Lipinski definition) is 1. The van der Waals surface area contributed by atoms with Crippen LogP contribution in [0, 0.1) is 17.3 Å². The van der Waals surface area contributed by atoms with Crippen LogP contribution in [0.1, 0.15) is 53.4 Å². The second kappa shape index (κ2) is 5.87. The molecule has 1 fully saturated rings. The highest BCUT2D eigenvalue weighted by Crippen LogP contribution is 2.32. The molecule has 0 amide bonds. The number of rotatable bonds is 0. The average Bonchev–Trinajstić information content (AvgIpc) is 2.53. The van der Waals surface area contributed by atoms with Crippen molar-refractivity contribution in [2.45, 2.75) is 53.4 Å². The highest BCUT2D eigenvalue weighted by Gasteiger charge is 2.25. The Morgan fingerprint density at radius 3 is 2.59 bits per heavy atom. The summed E-state index contributed by atoms with van der Waals surface area (Å²) in [6, 6.07) is 0. The van der Waals surface area contributed by atoms with Gasteiger partial charge in [0.15, 0.2) is 5.78 Å². The molecule has 0 aliphatic heterocycles. The van der Waals surface area contributed by atoms with Gasteiger partial charge in [-0.1, -0.05) is 44.3 Å². The molecule has 1 nitrogen and oxygen atoms in total. The van der Waals surface area contributed by atoms with Crippen molar-refractivity contribution in [2.24, 2.45) is 5.41 Å². The van der Waals surface area contributed by atoms with Crippen LogP contribution in [0.4, 0.5) is 0 Å². The van der Waals surface area contributed by atoms with Crippen molar-refractivity contribution < 1.29 is 4.79 Å². The zero-order chi connectivity index (χ0) is 12.9. The van der Waals surface area contributed by atoms with Crippen LogP contribution >= 0.6 is 0 Å². The predicted molar refractivity (Wildman–Crippen MR) is 72.5 cm³/mol. The Morgan fingerprint density at radius 2 is 1.94 bits per heavy atom. The Kier molecular flexibility index (Phi) is 4.75. The summed E-state index contributed by atoms with van der Waals surface area (Å²) in [5.74, 6) is 6.58. The molecule has 0 bridgehead atoms. The van der Waals surface area contributed by atoms with E-state index in [-0.39, 0.29) is 11.2 Å². The van der Waals surface area contributed by atoms with E-state index in [0.29, 0.717) is 12.8 Å². The summed E-state index contributed by atoms with van der Waals surface area (Å²) in [6.45, 7) is 8.44. The van der Waals surface area contributed by atoms with Gasteiger partial charge in [-0.15, -0.1) is 0 Å². The van der Waals surface area contributed by atoms with Crippen LogP contribution in [0.3, 0.4) is 0 Å². The maximum Gasteiger partial charge on any atom is 0.163 e. The summed E-state index contributed by atoms with van der Waals surface area (Å²) in [5, 5.41) is 0. The maximum absolute atomic E-state index is 11.5. The van der Waals surface area contributed by atoms with Gasteiger partial charge in [-0.05, 0) is 25.8 Å². The number of hydrogen-bond donors (Lipinski definition) is 0. The molecule has 0 aromatic heterocycles. The Hall–Kier alpha value is -1.29. The molecular formula is C16H22O. The summed E-state index contributed by atoms with van der Waals surface area (Å²) >= 11 is 0. The first-order valence-electron chi connectivity index (χ1n) is 6.45. The van der Waals surface area contributed by atoms with E-state index in [9.17, 15) is 4.79 Å². The first-order valence-corrected chi connectivity index (χ1v) is 6.45. The van der Waals surface area contributed by atoms with Crippen LogP contribution in [0.15, 0.2) is 23.3 Å². The lowest BCUT2D eigenvalue weighted by Crippen LogP contribution is -2.06. The van der Waals surface area contributed by atoms with E-state index in [1.165, 1.54) is 12.0 Å². The molecule has 0 unspecified atom stereocenters. The van der Waals surface area contributed by atoms with Crippen LogP contribution in [-0.4, -0.2) is 5.78 Å². The lowest BCUT2D eigenvalue weighted by Gasteiger charge is -2.15. The summed E-state index contributed by atoms with van der Waals surface area (Å²) in [4.78, 5) is 11.5. The average molecular weight is 230 g/mol. The van der Waals surface area contributed by atoms with E-state index in [0.717, 1.165) is 12.0 Å². The minimum Gasteiger partial charge on any atom is -0.294 e. The molecule has 0 spiro atoms. The minimum atomic E-state index is -0.0839. The van der Waals surface area contributed by atoms with Crippen molar-refractivity contribution in [3.05, 3.63) is 23.3 Å². The highest BCUT2D eigenvalue weighted by atomic mass is 16.1. The first-order chi connectivity index (χ1) is 8.00. The molecule has 92 valence electrons. The van der Waals surface area contributed by atoms with Crippen LogP contribution < -0.4 is 0 Å². The van der Waals surface area contributed by atoms with E-state index < -0.39 is 0 Å². The number of allylic oxidation sites excluding steroid dienone is 4. The Labute approximate surface area is 105 Å². The van der Waals surface area contributed by atoms with E-state index >= 15 is 0 Å². The number of carbonyl (C=O) groups is 1. The Balaban J connectivity index is 0.000000437. The smallest absolute Gasteiger partial charge is 0.163 e. The molecular weight excluding hydrogens is 208 g/mol. The van der Waals surface area contributed by atoms with Gasteiger partial charge in [0, 0.05) is 23.8 Å². The number of carbonyl (C=O) groups excluding carboxylic acids is 1. The van der Waals surface area contributed by atoms with Crippen LogP contribution in [-0.2, 0) is 4.79 Å². The third kappa shape index (κ3) is 3.89. The Morgan fingerprint density at radius 1 is 1.29 bits per heavy atom. The maximum atomic E-state index is 11.5. The number of ketones is 1. The quantitative estimate of drug-likeness (QED) is 0.574. The highest BCUT2D eigenvalue weighted by molar-refractivity contribution is 6.02. The molecule has 0 aromatic rings. The summed E-state index contributed by atoms with van der Waals surface area (Å²) in [6.07, 6.45) is 7.66. The molecule has 0 atom stereocenters. The van der Waals surface area contributed by atoms with Gasteiger partial charge in [0.25, 0.3) is 0 Å². The molecule has 2 aliphatic carbocycles. The minimum absolute atomic E-state index is 0.0839. The largest absolute Gasteiger partial charge is 0.294 e. The van der Waals surface area contributed by atoms with Crippen molar-refractivity contribution in [3.63, 3.8) is 0 Å². The third-order valence-corrected chi connectivity index (χ3v) is 2.62. The second-order valence-electron chi connectivity index (χ2n) is 5.15. The predicted octanol–water partition coefficient (Wildman–Crippen LogP) is 4.05. The van der Waals surface area contributed by atoms with Gasteiger partial charge in [0.2, 0.25) is 0 Å². The van der Waals surface area contributed by atoms with Gasteiger partial charge < -0.3 is 0 Å². The third-order valence-electron chi connectivity index (χ3n) is 2.62. The van der Waals surface area contributed by atoms with Crippen molar-refractivity contribution in [1.82, 2.24) is 0 Å². The van der Waals surface area contributed by atoms with Crippen LogP contribution in [0.5, 0.6) is 0 Å². The van der Waals surface area contributed by atoms with Crippen molar-refractivity contribution in [3.8, 4) is 11.8 Å². The molecule has 2 rings (SSSR count). The Bertz CT molecular complexity index is 411. The van der Waals surface area contributed by atoms with Crippen LogP contribution in [0.25, 0.3) is 0 Å². The molecule has 0 heterocycles. The van der Waals surface area contributed by atoms with Gasteiger partial charge in [0.05, 0.1) is 0 Å². The van der Waals surface area contributed by atoms with Crippen molar-refractivity contribution in [2.75, 3.05) is 0 Å². The van der Waals surface area contributed by atoms with Gasteiger partial charge >= 0.3 is 0 Å². The molecule has 1 heteroatoms. The summed E-state index contributed by atoms with van der Waals surface area (Å²) in [5.41, 5.74) is 2.04.